The average Bonchev–Trinajstić information content (AvgIpc) is 3.44. The van der Waals surface area contributed by atoms with E-state index in [4.69, 9.17) is 9.73 Å². The highest BCUT2D eigenvalue weighted by Crippen LogP contribution is 2.30. The standard InChI is InChI=1S/C33H42N6O2/c1-2-34-33(36-21-25-9-5-3-6-10-25)37-22-26-13-15-28(16-14-26)32(40)38-30-17-19-35-31-29(30)18-20-39(31)24-41-23-27-11-7-4-8-12-27/h3-11,17-20,26-28H,2,12-16,21-24H2,1H3,(H2,34,36,37)(H,35,38,40)/t26-,27?,28-. The first kappa shape index (κ1) is 28.6. The van der Waals surface area contributed by atoms with Gasteiger partial charge in [-0.2, -0.15) is 0 Å². The summed E-state index contributed by atoms with van der Waals surface area (Å²) in [4.78, 5) is 22.5. The summed E-state index contributed by atoms with van der Waals surface area (Å²) in [5.41, 5.74) is 2.83. The number of guanidine groups is 1. The molecule has 1 amide bonds. The van der Waals surface area contributed by atoms with Crippen LogP contribution in [0.2, 0.25) is 0 Å². The van der Waals surface area contributed by atoms with Gasteiger partial charge < -0.3 is 25.3 Å². The highest BCUT2D eigenvalue weighted by molar-refractivity contribution is 6.01. The molecule has 2 aliphatic rings. The zero-order valence-electron chi connectivity index (χ0n) is 24.0. The number of hydrogen-bond acceptors (Lipinski definition) is 4. The maximum Gasteiger partial charge on any atom is 0.227 e. The molecule has 1 aromatic carbocycles. The maximum atomic E-state index is 13.2. The summed E-state index contributed by atoms with van der Waals surface area (Å²) >= 11 is 0. The van der Waals surface area contributed by atoms with Gasteiger partial charge in [-0.15, -0.1) is 0 Å². The molecule has 0 aliphatic heterocycles. The molecule has 2 heterocycles. The van der Waals surface area contributed by atoms with Crippen molar-refractivity contribution in [2.75, 3.05) is 25.0 Å². The second kappa shape index (κ2) is 14.6. The lowest BCUT2D eigenvalue weighted by atomic mass is 9.81. The van der Waals surface area contributed by atoms with E-state index in [2.05, 4.69) is 64.3 Å². The lowest BCUT2D eigenvalue weighted by Crippen LogP contribution is -2.40. The van der Waals surface area contributed by atoms with E-state index in [-0.39, 0.29) is 11.8 Å². The number of carbonyl (C=O) groups is 1. The topological polar surface area (TPSA) is 92.6 Å². The summed E-state index contributed by atoms with van der Waals surface area (Å²) in [5, 5.41) is 11.0. The molecule has 1 atom stereocenters. The minimum Gasteiger partial charge on any atom is -0.360 e. The summed E-state index contributed by atoms with van der Waals surface area (Å²) in [5.74, 6) is 1.92. The van der Waals surface area contributed by atoms with Crippen LogP contribution >= 0.6 is 0 Å². The van der Waals surface area contributed by atoms with Gasteiger partial charge in [-0.05, 0) is 62.6 Å². The van der Waals surface area contributed by atoms with Crippen LogP contribution in [0.1, 0.15) is 44.6 Å². The van der Waals surface area contributed by atoms with Gasteiger partial charge >= 0.3 is 0 Å². The molecule has 3 N–H and O–H groups in total. The van der Waals surface area contributed by atoms with Gasteiger partial charge in [0.2, 0.25) is 5.91 Å². The molecule has 5 rings (SSSR count). The smallest absolute Gasteiger partial charge is 0.227 e. The Labute approximate surface area is 243 Å². The van der Waals surface area contributed by atoms with Crippen LogP contribution in [0.3, 0.4) is 0 Å². The zero-order chi connectivity index (χ0) is 28.3. The highest BCUT2D eigenvalue weighted by atomic mass is 16.5. The number of pyridine rings is 1. The third-order valence-electron chi connectivity index (χ3n) is 7.93. The normalized spacial score (nSPS) is 20.7. The zero-order valence-corrected chi connectivity index (χ0v) is 24.0. The summed E-state index contributed by atoms with van der Waals surface area (Å²) in [6, 6.07) is 14.2. The molecule has 1 saturated carbocycles. The number of rotatable bonds is 11. The number of aromatic nitrogens is 2. The van der Waals surface area contributed by atoms with Gasteiger partial charge in [0.1, 0.15) is 12.4 Å². The van der Waals surface area contributed by atoms with Crippen molar-refractivity contribution in [3.63, 3.8) is 0 Å². The fourth-order valence-corrected chi connectivity index (χ4v) is 5.56. The van der Waals surface area contributed by atoms with Gasteiger partial charge in [-0.3, -0.25) is 4.79 Å². The predicted molar refractivity (Wildman–Crippen MR) is 165 cm³/mol. The molecule has 41 heavy (non-hydrogen) atoms. The summed E-state index contributed by atoms with van der Waals surface area (Å²) < 4.78 is 7.96. The Balaban J connectivity index is 1.08. The summed E-state index contributed by atoms with van der Waals surface area (Å²) in [6.45, 7) is 5.53. The van der Waals surface area contributed by atoms with Crippen molar-refractivity contribution >= 4 is 28.6 Å². The van der Waals surface area contributed by atoms with Crippen LogP contribution < -0.4 is 16.0 Å². The number of nitrogens with one attached hydrogen (secondary N) is 3. The number of fused-ring (bicyclic) bond motifs is 1. The van der Waals surface area contributed by atoms with Crippen molar-refractivity contribution in [1.29, 1.82) is 0 Å². The van der Waals surface area contributed by atoms with Gasteiger partial charge in [0.25, 0.3) is 0 Å². The number of benzene rings is 1. The molecule has 1 unspecified atom stereocenters. The molecule has 2 aliphatic carbocycles. The van der Waals surface area contributed by atoms with Gasteiger partial charge in [0, 0.05) is 42.7 Å². The third-order valence-corrected chi connectivity index (χ3v) is 7.93. The second-order valence-corrected chi connectivity index (χ2v) is 11.0. The molecule has 2 aromatic heterocycles. The predicted octanol–water partition coefficient (Wildman–Crippen LogP) is 5.64. The summed E-state index contributed by atoms with van der Waals surface area (Å²) in [7, 11) is 0. The molecule has 216 valence electrons. The average molecular weight is 555 g/mol. The first-order valence-corrected chi connectivity index (χ1v) is 14.9. The molecule has 0 saturated heterocycles. The van der Waals surface area contributed by atoms with Crippen molar-refractivity contribution in [1.82, 2.24) is 20.2 Å². The van der Waals surface area contributed by atoms with Crippen molar-refractivity contribution in [2.45, 2.75) is 52.3 Å². The molecule has 0 spiro atoms. The number of amides is 1. The largest absolute Gasteiger partial charge is 0.360 e. The number of nitrogens with zero attached hydrogens (tertiary/aromatic N) is 3. The van der Waals surface area contributed by atoms with Crippen LogP contribution in [-0.2, 0) is 22.8 Å². The fraction of sp³-hybridized carbons (Fsp3) is 0.424. The van der Waals surface area contributed by atoms with E-state index < -0.39 is 0 Å². The minimum absolute atomic E-state index is 0.0254. The Bertz CT molecular complexity index is 1350. The Hall–Kier alpha value is -3.91. The van der Waals surface area contributed by atoms with E-state index in [0.29, 0.717) is 31.7 Å². The Kier molecular flexibility index (Phi) is 10.2. The highest BCUT2D eigenvalue weighted by Gasteiger charge is 2.27. The van der Waals surface area contributed by atoms with Gasteiger partial charge in [-0.1, -0.05) is 54.6 Å². The van der Waals surface area contributed by atoms with E-state index in [1.54, 1.807) is 6.20 Å². The Morgan fingerprint density at radius 2 is 1.93 bits per heavy atom. The number of ether oxygens (including phenoxy) is 1. The molecule has 1 fully saturated rings. The quantitative estimate of drug-likeness (QED) is 0.211. The van der Waals surface area contributed by atoms with E-state index in [9.17, 15) is 4.79 Å². The molecular weight excluding hydrogens is 512 g/mol. The lowest BCUT2D eigenvalue weighted by Gasteiger charge is -2.28. The first-order chi connectivity index (χ1) is 20.2. The third kappa shape index (κ3) is 8.07. The number of anilines is 1. The second-order valence-electron chi connectivity index (χ2n) is 11.0. The number of aliphatic imine (C=N–C) groups is 1. The molecule has 3 aromatic rings. The summed E-state index contributed by atoms with van der Waals surface area (Å²) in [6.07, 6.45) is 17.1. The van der Waals surface area contributed by atoms with Crippen molar-refractivity contribution in [2.24, 2.45) is 22.7 Å². The van der Waals surface area contributed by atoms with Crippen molar-refractivity contribution < 1.29 is 9.53 Å². The number of carbonyl (C=O) groups excluding carboxylic acids is 1. The minimum atomic E-state index is 0.0254. The molecule has 0 radical (unpaired) electrons. The fourth-order valence-electron chi connectivity index (χ4n) is 5.56. The SMILES string of the molecule is CCN/C(=N/Cc1ccccc1)NC[C@H]1CC[C@H](C(=O)Nc2ccnc3c2ccn3COCC2C=CC=CC2)CC1. The van der Waals surface area contributed by atoms with E-state index >= 15 is 0 Å². The van der Waals surface area contributed by atoms with Crippen LogP contribution in [0.15, 0.2) is 84.2 Å². The molecule has 8 heteroatoms. The molecular formula is C33H42N6O2. The maximum absolute atomic E-state index is 13.2. The van der Waals surface area contributed by atoms with Crippen LogP contribution in [0.5, 0.6) is 0 Å². The molecule has 0 bridgehead atoms. The van der Waals surface area contributed by atoms with E-state index in [1.165, 1.54) is 5.56 Å². The number of hydrogen-bond donors (Lipinski definition) is 3. The van der Waals surface area contributed by atoms with Gasteiger partial charge in [0.15, 0.2) is 5.96 Å². The van der Waals surface area contributed by atoms with Crippen molar-refractivity contribution in [3.05, 3.63) is 84.7 Å². The molecule has 8 nitrogen and oxygen atoms in total. The van der Waals surface area contributed by atoms with E-state index in [0.717, 1.165) is 67.9 Å². The Morgan fingerprint density at radius 1 is 1.07 bits per heavy atom. The van der Waals surface area contributed by atoms with Crippen molar-refractivity contribution in [3.8, 4) is 0 Å². The van der Waals surface area contributed by atoms with Crippen LogP contribution in [0.25, 0.3) is 11.0 Å². The van der Waals surface area contributed by atoms with Crippen LogP contribution in [0, 0.1) is 17.8 Å². The van der Waals surface area contributed by atoms with E-state index in [1.807, 2.05) is 41.1 Å². The van der Waals surface area contributed by atoms with Crippen LogP contribution in [-0.4, -0.2) is 41.1 Å². The van der Waals surface area contributed by atoms with Gasteiger partial charge in [0.05, 0.1) is 18.8 Å². The number of allylic oxidation sites excluding steroid dienone is 3. The monoisotopic (exact) mass is 554 g/mol. The first-order valence-electron chi connectivity index (χ1n) is 14.9. The Morgan fingerprint density at radius 3 is 2.71 bits per heavy atom. The van der Waals surface area contributed by atoms with Gasteiger partial charge in [-0.25, -0.2) is 9.98 Å². The lowest BCUT2D eigenvalue weighted by molar-refractivity contribution is -0.121. The van der Waals surface area contributed by atoms with Crippen LogP contribution in [0.4, 0.5) is 5.69 Å².